The van der Waals surface area contributed by atoms with Gasteiger partial charge in [-0.2, -0.15) is 0 Å². The third kappa shape index (κ3) is 3.40. The van der Waals surface area contributed by atoms with Crippen LogP contribution in [0.3, 0.4) is 0 Å². The minimum atomic E-state index is -1.22. The van der Waals surface area contributed by atoms with E-state index in [2.05, 4.69) is 24.1 Å². The topological polar surface area (TPSA) is 99.8 Å². The van der Waals surface area contributed by atoms with Gasteiger partial charge in [0.25, 0.3) is 0 Å². The first-order chi connectivity index (χ1) is 12.4. The van der Waals surface area contributed by atoms with Gasteiger partial charge < -0.3 is 25.4 Å². The van der Waals surface area contributed by atoms with Gasteiger partial charge in [0.1, 0.15) is 18.3 Å². The second kappa shape index (κ2) is 7.88. The van der Waals surface area contributed by atoms with Crippen LogP contribution >= 0.6 is 23.2 Å². The number of fused-ring (bicyclic) bond motifs is 1. The molecule has 1 aliphatic rings. The highest BCUT2D eigenvalue weighted by Crippen LogP contribution is 2.37. The standard InChI is InChI=1S/C17H23Cl2N3O4/c1-3-8(4-2)20-17-21-11-5-9(18)10(19)6-12(11)22(17)16-15(25)14(24)13(7-23)26-16/h5-6,8,13-16,23-25H,3-4,7H2,1-2H3,(H,20,21)/t13-,14-,15-,16-/m0/s1. The van der Waals surface area contributed by atoms with E-state index in [4.69, 9.17) is 27.9 Å². The molecule has 4 N–H and O–H groups in total. The molecule has 0 saturated carbocycles. The zero-order valence-electron chi connectivity index (χ0n) is 14.6. The van der Waals surface area contributed by atoms with Crippen molar-refractivity contribution in [3.05, 3.63) is 22.2 Å². The molecule has 1 saturated heterocycles. The number of benzene rings is 1. The van der Waals surface area contributed by atoms with Crippen molar-refractivity contribution in [2.45, 2.75) is 57.3 Å². The maximum atomic E-state index is 10.5. The monoisotopic (exact) mass is 403 g/mol. The average molecular weight is 404 g/mol. The third-order valence-electron chi connectivity index (χ3n) is 4.82. The molecule has 3 rings (SSSR count). The van der Waals surface area contributed by atoms with Gasteiger partial charge in [-0.05, 0) is 25.0 Å². The molecule has 0 spiro atoms. The van der Waals surface area contributed by atoms with Crippen LogP contribution in [0.2, 0.25) is 10.0 Å². The van der Waals surface area contributed by atoms with E-state index in [1.54, 1.807) is 16.7 Å². The maximum absolute atomic E-state index is 10.5. The summed E-state index contributed by atoms with van der Waals surface area (Å²) in [6, 6.07) is 3.47. The Balaban J connectivity index is 2.12. The van der Waals surface area contributed by atoms with E-state index in [0.29, 0.717) is 27.0 Å². The van der Waals surface area contributed by atoms with Crippen molar-refractivity contribution in [2.24, 2.45) is 0 Å². The number of rotatable bonds is 6. The Morgan fingerprint density at radius 3 is 2.42 bits per heavy atom. The lowest BCUT2D eigenvalue weighted by molar-refractivity contribution is -0.0499. The van der Waals surface area contributed by atoms with Crippen molar-refractivity contribution < 1.29 is 20.1 Å². The van der Waals surface area contributed by atoms with E-state index < -0.39 is 31.1 Å². The summed E-state index contributed by atoms with van der Waals surface area (Å²) in [5.74, 6) is 0.488. The molecule has 1 aromatic carbocycles. The van der Waals surface area contributed by atoms with Gasteiger partial charge in [0.2, 0.25) is 5.95 Å². The number of halogens is 2. The number of hydrogen-bond donors (Lipinski definition) is 4. The van der Waals surface area contributed by atoms with Crippen molar-refractivity contribution in [3.8, 4) is 0 Å². The summed E-state index contributed by atoms with van der Waals surface area (Å²) in [5.41, 5.74) is 1.20. The van der Waals surface area contributed by atoms with Crippen LogP contribution in [0.1, 0.15) is 32.9 Å². The largest absolute Gasteiger partial charge is 0.394 e. The molecule has 26 heavy (non-hydrogen) atoms. The minimum Gasteiger partial charge on any atom is -0.394 e. The van der Waals surface area contributed by atoms with Gasteiger partial charge in [0, 0.05) is 6.04 Å². The molecular weight excluding hydrogens is 381 g/mol. The summed E-state index contributed by atoms with van der Waals surface area (Å²) in [5, 5.41) is 34.0. The predicted octanol–water partition coefficient (Wildman–Crippen LogP) is 2.56. The zero-order valence-corrected chi connectivity index (χ0v) is 16.1. The van der Waals surface area contributed by atoms with Gasteiger partial charge in [-0.15, -0.1) is 0 Å². The number of nitrogens with zero attached hydrogens (tertiary/aromatic N) is 2. The van der Waals surface area contributed by atoms with Gasteiger partial charge in [-0.1, -0.05) is 37.0 Å². The summed E-state index contributed by atoms with van der Waals surface area (Å²) in [6.45, 7) is 3.73. The Morgan fingerprint density at radius 1 is 1.19 bits per heavy atom. The average Bonchev–Trinajstić information content (AvgIpc) is 3.10. The van der Waals surface area contributed by atoms with Crippen molar-refractivity contribution in [1.29, 1.82) is 0 Å². The quantitative estimate of drug-likeness (QED) is 0.591. The number of anilines is 1. The van der Waals surface area contributed by atoms with Crippen molar-refractivity contribution in [2.75, 3.05) is 11.9 Å². The van der Waals surface area contributed by atoms with Crippen LogP contribution in [0.4, 0.5) is 5.95 Å². The molecule has 7 nitrogen and oxygen atoms in total. The van der Waals surface area contributed by atoms with E-state index in [1.807, 2.05) is 0 Å². The summed E-state index contributed by atoms with van der Waals surface area (Å²) in [6.07, 6.45) is -2.45. The number of imidazole rings is 1. The van der Waals surface area contributed by atoms with Crippen LogP contribution in [0.25, 0.3) is 11.0 Å². The Bertz CT molecular complexity index is 781. The van der Waals surface area contributed by atoms with E-state index in [0.717, 1.165) is 12.8 Å². The first kappa shape index (κ1) is 19.7. The second-order valence-corrected chi connectivity index (χ2v) is 7.26. The smallest absolute Gasteiger partial charge is 0.206 e. The van der Waals surface area contributed by atoms with Gasteiger partial charge in [-0.25, -0.2) is 4.98 Å². The van der Waals surface area contributed by atoms with Crippen molar-refractivity contribution in [3.63, 3.8) is 0 Å². The highest BCUT2D eigenvalue weighted by atomic mass is 35.5. The number of hydrogen-bond acceptors (Lipinski definition) is 6. The number of aliphatic hydroxyl groups is 3. The summed E-state index contributed by atoms with van der Waals surface area (Å²) in [4.78, 5) is 4.58. The Kier molecular flexibility index (Phi) is 5.96. The molecule has 0 amide bonds. The molecule has 0 aliphatic carbocycles. The maximum Gasteiger partial charge on any atom is 0.206 e. The molecule has 4 atom stereocenters. The molecule has 1 fully saturated rings. The Morgan fingerprint density at radius 2 is 1.85 bits per heavy atom. The van der Waals surface area contributed by atoms with E-state index in [1.165, 1.54) is 0 Å². The van der Waals surface area contributed by atoms with Gasteiger partial charge in [-0.3, -0.25) is 4.57 Å². The SMILES string of the molecule is CCC(CC)Nc1nc2cc(Cl)c(Cl)cc2n1[C@H]1O[C@@H](CO)[C@H](O)[C@@H]1O. The number of nitrogens with one attached hydrogen (secondary N) is 1. The van der Waals surface area contributed by atoms with E-state index in [9.17, 15) is 15.3 Å². The molecule has 1 aromatic heterocycles. The normalized spacial score (nSPS) is 26.2. The summed E-state index contributed by atoms with van der Waals surface area (Å²) >= 11 is 12.3. The predicted molar refractivity (Wildman–Crippen MR) is 101 cm³/mol. The summed E-state index contributed by atoms with van der Waals surface area (Å²) < 4.78 is 7.37. The first-order valence-corrected chi connectivity index (χ1v) is 9.42. The lowest BCUT2D eigenvalue weighted by Crippen LogP contribution is -2.33. The highest BCUT2D eigenvalue weighted by Gasteiger charge is 2.44. The van der Waals surface area contributed by atoms with Crippen LogP contribution < -0.4 is 5.32 Å². The Labute approximate surface area is 161 Å². The van der Waals surface area contributed by atoms with Gasteiger partial charge >= 0.3 is 0 Å². The molecule has 2 heterocycles. The lowest BCUT2D eigenvalue weighted by atomic mass is 10.1. The molecular formula is C17H23Cl2N3O4. The first-order valence-electron chi connectivity index (χ1n) is 8.67. The van der Waals surface area contributed by atoms with Gasteiger partial charge in [0.05, 0.1) is 27.7 Å². The van der Waals surface area contributed by atoms with Crippen LogP contribution in [0, 0.1) is 0 Å². The fourth-order valence-corrected chi connectivity index (χ4v) is 3.53. The second-order valence-electron chi connectivity index (χ2n) is 6.45. The molecule has 144 valence electrons. The van der Waals surface area contributed by atoms with Crippen molar-refractivity contribution in [1.82, 2.24) is 9.55 Å². The number of aromatic nitrogens is 2. The fraction of sp³-hybridized carbons (Fsp3) is 0.588. The minimum absolute atomic E-state index is 0.175. The van der Waals surface area contributed by atoms with Gasteiger partial charge in [0.15, 0.2) is 6.23 Å². The third-order valence-corrected chi connectivity index (χ3v) is 5.54. The Hall–Kier alpha value is -1.09. The van der Waals surface area contributed by atoms with Crippen LogP contribution in [-0.4, -0.2) is 55.8 Å². The molecule has 0 radical (unpaired) electrons. The van der Waals surface area contributed by atoms with Crippen LogP contribution in [-0.2, 0) is 4.74 Å². The van der Waals surface area contributed by atoms with Crippen LogP contribution in [0.5, 0.6) is 0 Å². The molecule has 9 heteroatoms. The molecule has 0 bridgehead atoms. The fourth-order valence-electron chi connectivity index (χ4n) is 3.22. The summed E-state index contributed by atoms with van der Waals surface area (Å²) in [7, 11) is 0. The van der Waals surface area contributed by atoms with E-state index >= 15 is 0 Å². The molecule has 2 aromatic rings. The molecule has 0 unspecified atom stereocenters. The number of ether oxygens (including phenoxy) is 1. The van der Waals surface area contributed by atoms with Crippen LogP contribution in [0.15, 0.2) is 12.1 Å². The highest BCUT2D eigenvalue weighted by molar-refractivity contribution is 6.42. The lowest BCUT2D eigenvalue weighted by Gasteiger charge is -2.22. The van der Waals surface area contributed by atoms with Crippen molar-refractivity contribution >= 4 is 40.2 Å². The van der Waals surface area contributed by atoms with E-state index in [-0.39, 0.29) is 6.04 Å². The molecule has 1 aliphatic heterocycles. The zero-order chi connectivity index (χ0) is 19.0. The number of aliphatic hydroxyl groups excluding tert-OH is 3.